The summed E-state index contributed by atoms with van der Waals surface area (Å²) in [7, 11) is 0. The number of imide groups is 1. The number of amides is 3. The molecule has 0 aromatic heterocycles. The van der Waals surface area contributed by atoms with Crippen LogP contribution >= 0.6 is 11.8 Å². The van der Waals surface area contributed by atoms with Gasteiger partial charge in [0, 0.05) is 18.0 Å². The van der Waals surface area contributed by atoms with Crippen molar-refractivity contribution in [2.45, 2.75) is 4.90 Å². The number of nitrogens with zero attached hydrogens (tertiary/aromatic N) is 1. The van der Waals surface area contributed by atoms with Crippen molar-refractivity contribution in [1.29, 1.82) is 0 Å². The lowest BCUT2D eigenvalue weighted by molar-refractivity contribution is -0.124. The quantitative estimate of drug-likeness (QED) is 0.850. The molecule has 0 unspecified atom stereocenters. The lowest BCUT2D eigenvalue weighted by Gasteiger charge is -2.11. The van der Waals surface area contributed by atoms with Crippen LogP contribution in [-0.4, -0.2) is 35.7 Å². The van der Waals surface area contributed by atoms with Gasteiger partial charge in [0.1, 0.15) is 11.6 Å². The Balaban J connectivity index is 1.97. The van der Waals surface area contributed by atoms with Crippen molar-refractivity contribution >= 4 is 23.7 Å². The summed E-state index contributed by atoms with van der Waals surface area (Å²) in [6, 6.07) is 2.59. The average molecular weight is 272 g/mol. The Morgan fingerprint density at radius 2 is 2.22 bits per heavy atom. The van der Waals surface area contributed by atoms with E-state index in [1.807, 2.05) is 0 Å². The van der Waals surface area contributed by atoms with Crippen molar-refractivity contribution in [3.8, 4) is 0 Å². The highest BCUT2D eigenvalue weighted by atomic mass is 32.2. The number of urea groups is 1. The molecule has 1 aliphatic heterocycles. The summed E-state index contributed by atoms with van der Waals surface area (Å²) in [4.78, 5) is 24.0. The van der Waals surface area contributed by atoms with Gasteiger partial charge in [-0.05, 0) is 18.2 Å². The number of hydrogen-bond acceptors (Lipinski definition) is 3. The van der Waals surface area contributed by atoms with Gasteiger partial charge in [0.2, 0.25) is 5.91 Å². The summed E-state index contributed by atoms with van der Waals surface area (Å²) < 4.78 is 26.2. The molecule has 7 heteroatoms. The summed E-state index contributed by atoms with van der Waals surface area (Å²) in [5.41, 5.74) is 0. The molecule has 1 heterocycles. The Hall–Kier alpha value is -1.63. The van der Waals surface area contributed by atoms with Crippen LogP contribution in [0.3, 0.4) is 0 Å². The molecule has 1 N–H and O–H groups in total. The van der Waals surface area contributed by atoms with E-state index in [-0.39, 0.29) is 10.6 Å². The molecular weight excluding hydrogens is 262 g/mol. The van der Waals surface area contributed by atoms with Gasteiger partial charge in [-0.1, -0.05) is 0 Å². The van der Waals surface area contributed by atoms with Crippen molar-refractivity contribution in [3.05, 3.63) is 29.8 Å². The molecule has 1 aromatic rings. The van der Waals surface area contributed by atoms with E-state index in [0.717, 1.165) is 34.9 Å². The predicted molar refractivity (Wildman–Crippen MR) is 62.2 cm³/mol. The first kappa shape index (κ1) is 12.8. The first-order valence-electron chi connectivity index (χ1n) is 5.24. The first-order valence-corrected chi connectivity index (χ1v) is 6.22. The van der Waals surface area contributed by atoms with Crippen LogP contribution in [0, 0.1) is 11.6 Å². The number of nitrogens with one attached hydrogen (secondary N) is 1. The van der Waals surface area contributed by atoms with Gasteiger partial charge < -0.3 is 5.32 Å². The van der Waals surface area contributed by atoms with Crippen LogP contribution in [0.5, 0.6) is 0 Å². The monoisotopic (exact) mass is 272 g/mol. The standard InChI is InChI=1S/C11H10F2N2O2S/c12-7-1-2-8(13)9(5-7)18-6-10(16)15-4-3-14-11(15)17/h1-2,5H,3-4,6H2,(H,14,17). The maximum absolute atomic E-state index is 13.3. The fraction of sp³-hybridized carbons (Fsp3) is 0.273. The normalized spacial score (nSPS) is 14.8. The summed E-state index contributed by atoms with van der Waals surface area (Å²) in [5.74, 6) is -1.67. The van der Waals surface area contributed by atoms with Gasteiger partial charge in [-0.2, -0.15) is 0 Å². The van der Waals surface area contributed by atoms with Crippen molar-refractivity contribution in [2.75, 3.05) is 18.8 Å². The van der Waals surface area contributed by atoms with Crippen LogP contribution in [-0.2, 0) is 4.79 Å². The number of benzene rings is 1. The van der Waals surface area contributed by atoms with Gasteiger partial charge in [-0.25, -0.2) is 13.6 Å². The van der Waals surface area contributed by atoms with Crippen LogP contribution in [0.15, 0.2) is 23.1 Å². The maximum atomic E-state index is 13.3. The Morgan fingerprint density at radius 3 is 2.89 bits per heavy atom. The maximum Gasteiger partial charge on any atom is 0.324 e. The minimum Gasteiger partial charge on any atom is -0.336 e. The number of thioether (sulfide) groups is 1. The van der Waals surface area contributed by atoms with Crippen LogP contribution in [0.1, 0.15) is 0 Å². The van der Waals surface area contributed by atoms with Crippen molar-refractivity contribution in [1.82, 2.24) is 10.2 Å². The molecule has 18 heavy (non-hydrogen) atoms. The number of carbonyl (C=O) groups is 2. The Labute approximate surface area is 106 Å². The molecule has 3 amide bonds. The molecule has 0 spiro atoms. The summed E-state index contributed by atoms with van der Waals surface area (Å²) in [6.45, 7) is 0.730. The van der Waals surface area contributed by atoms with E-state index in [4.69, 9.17) is 0 Å². The van der Waals surface area contributed by atoms with E-state index < -0.39 is 23.6 Å². The molecule has 1 saturated heterocycles. The summed E-state index contributed by atoms with van der Waals surface area (Å²) in [5, 5.41) is 2.49. The Kier molecular flexibility index (Phi) is 3.81. The third-order valence-corrected chi connectivity index (χ3v) is 3.42. The number of hydrogen-bond donors (Lipinski definition) is 1. The average Bonchev–Trinajstić information content (AvgIpc) is 2.76. The molecular formula is C11H10F2N2O2S. The van der Waals surface area contributed by atoms with E-state index in [0.29, 0.717) is 13.1 Å². The van der Waals surface area contributed by atoms with E-state index in [1.165, 1.54) is 0 Å². The first-order chi connectivity index (χ1) is 8.58. The second kappa shape index (κ2) is 5.34. The Bertz CT molecular complexity index is 496. The second-order valence-corrected chi connectivity index (χ2v) is 4.66. The largest absolute Gasteiger partial charge is 0.336 e. The van der Waals surface area contributed by atoms with Gasteiger partial charge >= 0.3 is 6.03 Å². The fourth-order valence-corrected chi connectivity index (χ4v) is 2.35. The molecule has 0 radical (unpaired) electrons. The SMILES string of the molecule is O=C(CSc1cc(F)ccc1F)N1CCNC1=O. The smallest absolute Gasteiger partial charge is 0.324 e. The van der Waals surface area contributed by atoms with Gasteiger partial charge in [0.25, 0.3) is 0 Å². The summed E-state index contributed by atoms with van der Waals surface area (Å²) >= 11 is 0.872. The van der Waals surface area contributed by atoms with Gasteiger partial charge in [-0.3, -0.25) is 9.69 Å². The van der Waals surface area contributed by atoms with Crippen LogP contribution in [0.25, 0.3) is 0 Å². The molecule has 0 atom stereocenters. The van der Waals surface area contributed by atoms with Crippen LogP contribution < -0.4 is 5.32 Å². The van der Waals surface area contributed by atoms with E-state index in [2.05, 4.69) is 5.32 Å². The molecule has 0 aliphatic carbocycles. The molecule has 2 rings (SSSR count). The minimum atomic E-state index is -0.583. The van der Waals surface area contributed by atoms with Crippen molar-refractivity contribution in [3.63, 3.8) is 0 Å². The zero-order valence-electron chi connectivity index (χ0n) is 9.28. The molecule has 4 nitrogen and oxygen atoms in total. The number of carbonyl (C=O) groups excluding carboxylic acids is 2. The van der Waals surface area contributed by atoms with E-state index in [9.17, 15) is 18.4 Å². The van der Waals surface area contributed by atoms with Crippen molar-refractivity contribution in [2.24, 2.45) is 0 Å². The Morgan fingerprint density at radius 1 is 1.44 bits per heavy atom. The highest BCUT2D eigenvalue weighted by Crippen LogP contribution is 2.23. The lowest BCUT2D eigenvalue weighted by atomic mass is 10.3. The second-order valence-electron chi connectivity index (χ2n) is 3.64. The molecule has 1 aliphatic rings. The molecule has 0 bridgehead atoms. The van der Waals surface area contributed by atoms with Crippen molar-refractivity contribution < 1.29 is 18.4 Å². The third-order valence-electron chi connectivity index (χ3n) is 2.40. The van der Waals surface area contributed by atoms with Gasteiger partial charge in [0.15, 0.2) is 0 Å². The number of rotatable bonds is 3. The fourth-order valence-electron chi connectivity index (χ4n) is 1.51. The van der Waals surface area contributed by atoms with Crippen LogP contribution in [0.2, 0.25) is 0 Å². The van der Waals surface area contributed by atoms with Gasteiger partial charge in [-0.15, -0.1) is 11.8 Å². The molecule has 1 fully saturated rings. The lowest BCUT2D eigenvalue weighted by Crippen LogP contribution is -2.35. The third kappa shape index (κ3) is 2.79. The zero-order valence-corrected chi connectivity index (χ0v) is 10.1. The molecule has 1 aromatic carbocycles. The summed E-state index contributed by atoms with van der Waals surface area (Å²) in [6.07, 6.45) is 0. The number of halogens is 2. The molecule has 0 saturated carbocycles. The van der Waals surface area contributed by atoms with E-state index in [1.54, 1.807) is 0 Å². The van der Waals surface area contributed by atoms with E-state index >= 15 is 0 Å². The highest BCUT2D eigenvalue weighted by Gasteiger charge is 2.25. The predicted octanol–water partition coefficient (Wildman–Crippen LogP) is 1.61. The van der Waals surface area contributed by atoms with Gasteiger partial charge in [0.05, 0.1) is 5.75 Å². The highest BCUT2D eigenvalue weighted by molar-refractivity contribution is 8.00. The molecule has 96 valence electrons. The minimum absolute atomic E-state index is 0.0583. The van der Waals surface area contributed by atoms with Crippen LogP contribution in [0.4, 0.5) is 13.6 Å². The topological polar surface area (TPSA) is 49.4 Å². The zero-order chi connectivity index (χ0) is 13.1.